The predicted octanol–water partition coefficient (Wildman–Crippen LogP) is 6.14. The first kappa shape index (κ1) is 45.4. The lowest BCUT2D eigenvalue weighted by Crippen LogP contribution is -1.98. The summed E-state index contributed by atoms with van der Waals surface area (Å²) in [5.41, 5.74) is 12.3. The minimum absolute atomic E-state index is 0.0257. The van der Waals surface area contributed by atoms with Crippen LogP contribution in [0.3, 0.4) is 0 Å². The summed E-state index contributed by atoms with van der Waals surface area (Å²) in [7, 11) is 1.60. The molecule has 0 aliphatic rings. The highest BCUT2D eigenvalue weighted by Gasteiger charge is 2.15. The molecule has 3 aromatic heterocycles. The molecule has 0 atom stereocenters. The molecule has 0 saturated carbocycles. The average Bonchev–Trinajstić information content (AvgIpc) is 4.01. The van der Waals surface area contributed by atoms with Crippen LogP contribution in [0.2, 0.25) is 0 Å². The number of benzene rings is 3. The number of halogens is 1. The van der Waals surface area contributed by atoms with Crippen LogP contribution in [0.1, 0.15) is 16.7 Å². The lowest BCUT2D eigenvalue weighted by atomic mass is 10.0. The first-order chi connectivity index (χ1) is 26.6. The third kappa shape index (κ3) is 15.3. The average molecular weight is 825 g/mol. The van der Waals surface area contributed by atoms with E-state index in [1.54, 1.807) is 48.9 Å². The van der Waals surface area contributed by atoms with Gasteiger partial charge in [-0.3, -0.25) is 20.2 Å². The zero-order valence-electron chi connectivity index (χ0n) is 29.6. The Kier molecular flexibility index (Phi) is 20.9. The van der Waals surface area contributed by atoms with Gasteiger partial charge in [-0.1, -0.05) is 46.3 Å². The molecule has 0 spiro atoms. The van der Waals surface area contributed by atoms with E-state index in [0.29, 0.717) is 47.6 Å². The minimum Gasteiger partial charge on any atom is -0.535 e. The molecule has 0 fully saturated rings. The number of nitrogens with zero attached hydrogens (tertiary/aromatic N) is 2. The van der Waals surface area contributed by atoms with Gasteiger partial charge in [0.2, 0.25) is 0 Å². The van der Waals surface area contributed by atoms with Crippen molar-refractivity contribution in [3.05, 3.63) is 152 Å². The van der Waals surface area contributed by atoms with Gasteiger partial charge in [-0.25, -0.2) is 0 Å². The Morgan fingerprint density at radius 3 is 1.55 bits per heavy atom. The highest BCUT2D eigenvalue weighted by molar-refractivity contribution is 9.10. The Bertz CT molecular complexity index is 1970. The summed E-state index contributed by atoms with van der Waals surface area (Å²) in [5.74, 6) is 0.493. The number of aliphatic hydroxyl groups is 4. The van der Waals surface area contributed by atoms with Gasteiger partial charge in [-0.05, 0) is 47.4 Å². The Labute approximate surface area is 324 Å². The molecule has 16 nitrogen and oxygen atoms in total. The van der Waals surface area contributed by atoms with E-state index < -0.39 is 9.85 Å². The van der Waals surface area contributed by atoms with E-state index in [2.05, 4.69) is 25.0 Å². The van der Waals surface area contributed by atoms with Gasteiger partial charge in [0.15, 0.2) is 0 Å². The Morgan fingerprint density at radius 1 is 0.655 bits per heavy atom. The van der Waals surface area contributed by atoms with E-state index in [4.69, 9.17) is 40.0 Å². The molecule has 0 saturated heterocycles. The third-order valence-electron chi connectivity index (χ3n) is 7.21. The fraction of sp³-hybridized carbons (Fsp3) is 0.189. The maximum Gasteiger partial charge on any atom is 0.569 e. The molecule has 18 heteroatoms. The zero-order chi connectivity index (χ0) is 40.6. The van der Waals surface area contributed by atoms with Crippen LogP contribution in [-0.4, -0.2) is 69.9 Å². The normalized spacial score (nSPS) is 9.80. The van der Waals surface area contributed by atoms with Gasteiger partial charge >= 0.3 is 7.69 Å². The molecular formula is C37H40BBrN3O13. The van der Waals surface area contributed by atoms with E-state index in [9.17, 15) is 20.2 Å². The maximum atomic E-state index is 10.9. The van der Waals surface area contributed by atoms with Gasteiger partial charge in [0, 0.05) is 90.4 Å². The maximum absolute atomic E-state index is 10.9. The van der Waals surface area contributed by atoms with Crippen molar-refractivity contribution in [1.82, 2.24) is 0 Å². The van der Waals surface area contributed by atoms with Crippen LogP contribution in [0.25, 0.3) is 22.3 Å². The van der Waals surface area contributed by atoms with E-state index in [1.807, 2.05) is 24.3 Å². The number of nitro groups is 2. The summed E-state index contributed by atoms with van der Waals surface area (Å²) in [5, 5.41) is 62.8. The van der Waals surface area contributed by atoms with Crippen LogP contribution in [0, 0.1) is 20.2 Å². The largest absolute Gasteiger partial charge is 0.569 e. The van der Waals surface area contributed by atoms with Crippen molar-refractivity contribution in [2.45, 2.75) is 19.3 Å². The number of nitrogens with two attached hydrogens (primary N) is 1. The van der Waals surface area contributed by atoms with E-state index in [0.717, 1.165) is 34.9 Å². The zero-order valence-corrected chi connectivity index (χ0v) is 31.2. The molecule has 0 amide bonds. The smallest absolute Gasteiger partial charge is 0.535 e. The fourth-order valence-electron chi connectivity index (χ4n) is 4.64. The second-order valence-electron chi connectivity index (χ2n) is 10.7. The lowest BCUT2D eigenvalue weighted by Gasteiger charge is -2.05. The molecular weight excluding hydrogens is 785 g/mol. The van der Waals surface area contributed by atoms with Gasteiger partial charge in [0.25, 0.3) is 11.4 Å². The van der Waals surface area contributed by atoms with Crippen LogP contribution in [0.4, 0.5) is 17.1 Å². The van der Waals surface area contributed by atoms with Gasteiger partial charge in [0.1, 0.15) is 12.0 Å². The van der Waals surface area contributed by atoms with Crippen molar-refractivity contribution in [2.24, 2.45) is 0 Å². The van der Waals surface area contributed by atoms with E-state index in [-0.39, 0.29) is 37.6 Å². The van der Waals surface area contributed by atoms with E-state index >= 15 is 0 Å². The molecule has 3 heterocycles. The molecule has 6 rings (SSSR count). The SMILES string of the molecule is CO.Nc1cc(-c2ccoc2)ccc1CCO.O=[N+]([O-])c1cc(-c2ccoc2)ccc1CCO.O=[N+]([O-])c1cc(Br)ccc1CCO.O[B]Oc1ccoc1. The van der Waals surface area contributed by atoms with Crippen molar-refractivity contribution in [1.29, 1.82) is 0 Å². The number of nitro benzene ring substituents is 2. The molecule has 6 aromatic rings. The Hall–Kier alpha value is -5.76. The monoisotopic (exact) mass is 824 g/mol. The number of rotatable bonds is 12. The summed E-state index contributed by atoms with van der Waals surface area (Å²) in [6.07, 6.45) is 10.4. The molecule has 1 radical (unpaired) electrons. The molecule has 0 unspecified atom stereocenters. The Morgan fingerprint density at radius 2 is 1.11 bits per heavy atom. The number of hydrogen-bond donors (Lipinski definition) is 6. The predicted molar refractivity (Wildman–Crippen MR) is 208 cm³/mol. The van der Waals surface area contributed by atoms with E-state index in [1.165, 1.54) is 37.2 Å². The fourth-order valence-corrected chi connectivity index (χ4v) is 4.99. The van der Waals surface area contributed by atoms with Crippen molar-refractivity contribution >= 4 is 40.7 Å². The summed E-state index contributed by atoms with van der Waals surface area (Å²) in [6.45, 7) is -0.0658. The summed E-state index contributed by atoms with van der Waals surface area (Å²) < 4.78 is 19.7. The first-order valence-corrected chi connectivity index (χ1v) is 17.0. The van der Waals surface area contributed by atoms with Crippen molar-refractivity contribution in [3.8, 4) is 28.0 Å². The highest BCUT2D eigenvalue weighted by Crippen LogP contribution is 2.28. The first-order valence-electron chi connectivity index (χ1n) is 16.2. The van der Waals surface area contributed by atoms with Gasteiger partial charge in [0.05, 0.1) is 41.2 Å². The van der Waals surface area contributed by atoms with Crippen molar-refractivity contribution in [2.75, 3.05) is 32.7 Å². The minimum atomic E-state index is -0.449. The third-order valence-corrected chi connectivity index (χ3v) is 7.70. The number of furan rings is 3. The quantitative estimate of drug-likeness (QED) is 0.0351. The molecule has 0 aliphatic carbocycles. The topological polar surface area (TPSA) is 262 Å². The van der Waals surface area contributed by atoms with Crippen molar-refractivity contribution < 1.29 is 53.2 Å². The van der Waals surface area contributed by atoms with Gasteiger partial charge < -0.3 is 49.1 Å². The number of aliphatic hydroxyl groups excluding tert-OH is 4. The summed E-state index contributed by atoms with van der Waals surface area (Å²) in [4.78, 5) is 20.6. The summed E-state index contributed by atoms with van der Waals surface area (Å²) >= 11 is 3.15. The lowest BCUT2D eigenvalue weighted by molar-refractivity contribution is -0.385. The molecule has 7 N–H and O–H groups in total. The van der Waals surface area contributed by atoms with Crippen LogP contribution in [0.15, 0.2) is 128 Å². The Balaban J connectivity index is 0.000000256. The van der Waals surface area contributed by atoms with Crippen molar-refractivity contribution in [3.63, 3.8) is 0 Å². The molecule has 0 aliphatic heterocycles. The van der Waals surface area contributed by atoms with Gasteiger partial charge in [-0.15, -0.1) is 0 Å². The molecule has 291 valence electrons. The highest BCUT2D eigenvalue weighted by atomic mass is 79.9. The second kappa shape index (κ2) is 25.3. The van der Waals surface area contributed by atoms with Crippen LogP contribution >= 0.6 is 15.9 Å². The second-order valence-corrected chi connectivity index (χ2v) is 11.6. The molecule has 3 aromatic carbocycles. The number of anilines is 1. The van der Waals surface area contributed by atoms with Crippen LogP contribution < -0.4 is 10.4 Å². The van der Waals surface area contributed by atoms with Crippen LogP contribution in [-0.2, 0) is 19.3 Å². The standard InChI is InChI=1S/C12H11NO4.C12H13NO2.C8H8BrNO3.C4H4BO3.CH4O/c14-5-3-9-1-2-10(7-12(9)13(15)16)11-4-6-17-8-11;13-12-7-10(11-4-6-15-8-11)2-1-9(12)3-5-14;9-7-2-1-6(3-4-11)8(5-7)10(12)13;6-5-8-4-1-2-7-3-4;1-2/h1-2,4,6-8,14H,3,5H2;1-2,4,6-8,14H,3,5,13H2;1-2,5,11H,3-4H2;1-3,6H;2H,1H3. The van der Waals surface area contributed by atoms with Gasteiger partial charge in [-0.2, -0.15) is 0 Å². The number of hydrogen-bond acceptors (Lipinski definition) is 14. The molecule has 55 heavy (non-hydrogen) atoms. The van der Waals surface area contributed by atoms with Crippen LogP contribution in [0.5, 0.6) is 5.75 Å². The molecule has 0 bridgehead atoms. The number of nitrogen functional groups attached to an aromatic ring is 1. The summed E-state index contributed by atoms with van der Waals surface area (Å²) in [6, 6.07) is 20.8.